The number of rotatable bonds is 16. The second-order valence-electron chi connectivity index (χ2n) is 16.3. The van der Waals surface area contributed by atoms with E-state index in [1.807, 2.05) is 35.6 Å². The molecule has 13 aromatic rings. The highest BCUT2D eigenvalue weighted by atomic mass is 32.1. The number of thiophene rings is 7. The third-order valence-corrected chi connectivity index (χ3v) is 19.5. The Hall–Kier alpha value is -8.54. The Balaban J connectivity index is 0.000000155. The summed E-state index contributed by atoms with van der Waals surface area (Å²) in [5, 5.41) is 4.22. The van der Waals surface area contributed by atoms with Crippen molar-refractivity contribution in [3.63, 3.8) is 0 Å². The topological polar surface area (TPSA) is 183 Å². The van der Waals surface area contributed by atoms with Gasteiger partial charge in [0.1, 0.15) is 23.0 Å². The van der Waals surface area contributed by atoms with Crippen molar-refractivity contribution in [2.75, 3.05) is 0 Å². The molecule has 0 bridgehead atoms. The summed E-state index contributed by atoms with van der Waals surface area (Å²) < 4.78 is 27.8. The van der Waals surface area contributed by atoms with Crippen molar-refractivity contribution < 1.29 is 38.1 Å². The third kappa shape index (κ3) is 10.7. The Morgan fingerprint density at radius 1 is 0.312 bits per heavy atom. The van der Waals surface area contributed by atoms with Crippen LogP contribution < -0.4 is 18.9 Å². The van der Waals surface area contributed by atoms with Crippen LogP contribution in [0.5, 0.6) is 23.0 Å². The molecule has 0 amide bonds. The van der Waals surface area contributed by atoms with E-state index in [9.17, 15) is 19.2 Å². The first-order valence-corrected chi connectivity index (χ1v) is 28.6. The summed E-state index contributed by atoms with van der Waals surface area (Å²) in [4.78, 5) is 78.3. The number of hydrogen-bond donors (Lipinski definition) is 0. The summed E-state index contributed by atoms with van der Waals surface area (Å²) >= 11 is 12.4. The van der Waals surface area contributed by atoms with Gasteiger partial charge in [-0.15, -0.1) is 79.4 Å². The molecule has 13 heterocycles. The Morgan fingerprint density at radius 2 is 0.688 bits per heavy atom. The number of fused-ring (bicyclic) bond motifs is 3. The molecule has 0 unspecified atom stereocenters. The summed E-state index contributed by atoms with van der Waals surface area (Å²) in [6, 6.07) is 38.3. The minimum absolute atomic E-state index is 0.295. The average Bonchev–Trinajstić information content (AvgIpc) is 4.37. The number of carbonyl (C=O) groups excluding carboxylic acids is 4. The molecule has 0 aliphatic rings. The molecule has 0 atom stereocenters. The quantitative estimate of drug-likeness (QED) is 0.0833. The number of hydrogen-bond acceptors (Lipinski definition) is 21. The van der Waals surface area contributed by atoms with Crippen molar-refractivity contribution >= 4 is 133 Å². The van der Waals surface area contributed by atoms with Gasteiger partial charge < -0.3 is 18.9 Å². The van der Waals surface area contributed by atoms with E-state index < -0.39 is 0 Å². The smallest absolute Gasteiger partial charge is 0.298 e. The van der Waals surface area contributed by atoms with Gasteiger partial charge in [0, 0.05) is 119 Å². The Labute approximate surface area is 463 Å². The van der Waals surface area contributed by atoms with Gasteiger partial charge in [0.25, 0.3) is 25.9 Å². The molecule has 0 spiro atoms. The molecule has 0 aromatic carbocycles. The summed E-state index contributed by atoms with van der Waals surface area (Å²) in [5.74, 6) is 1.24. The fourth-order valence-electron chi connectivity index (χ4n) is 8.10. The molecule has 0 aliphatic carbocycles. The van der Waals surface area contributed by atoms with Gasteiger partial charge in [0.05, 0.1) is 45.6 Å². The van der Waals surface area contributed by atoms with E-state index in [2.05, 4.69) is 79.2 Å². The summed E-state index contributed by atoms with van der Waals surface area (Å²) in [6.45, 7) is 1.41. The highest BCUT2D eigenvalue weighted by molar-refractivity contribution is 7.34. The lowest BCUT2D eigenvalue weighted by Gasteiger charge is -2.09. The lowest BCUT2D eigenvalue weighted by atomic mass is 10.1. The standard InChI is InChI=1S/C29H15N3O4S4.C27H15N3O4S3/c33-14-35-17-2-5-31-20(8-17)22-10-18(36-15-34)9-21(32-22)19-7-16(1-4-30-19)24-11-26-28(39-24)13-29(40-26)27-12-25-23(38-27)3-6-37-25;31-14-33-17-4-6-29-20(9-17)22-11-18(34-15-32)10-21(30-22)19-8-16(3-5-28-19)24-12-26-27(36-24)13-25(37-26)23-2-1-7-35-23/h1-15H;1-15H. The van der Waals surface area contributed by atoms with Gasteiger partial charge in [-0.2, -0.15) is 0 Å². The number of pyridine rings is 6. The summed E-state index contributed by atoms with van der Waals surface area (Å²) in [7, 11) is 0. The second-order valence-corrected chi connectivity index (χ2v) is 23.6. The van der Waals surface area contributed by atoms with Gasteiger partial charge in [-0.05, 0) is 101 Å². The van der Waals surface area contributed by atoms with Crippen LogP contribution in [0.2, 0.25) is 0 Å². The molecule has 14 nitrogen and oxygen atoms in total. The van der Waals surface area contributed by atoms with Crippen LogP contribution >= 0.6 is 79.4 Å². The van der Waals surface area contributed by atoms with Crippen LogP contribution in [0.15, 0.2) is 157 Å². The molecule has 0 N–H and O–H groups in total. The molecular weight excluding hydrogens is 1110 g/mol. The fraction of sp³-hybridized carbons (Fsp3) is 0. The first kappa shape index (κ1) is 49.3. The van der Waals surface area contributed by atoms with Crippen molar-refractivity contribution in [2.45, 2.75) is 0 Å². The Morgan fingerprint density at radius 3 is 1.13 bits per heavy atom. The first-order valence-electron chi connectivity index (χ1n) is 22.8. The molecule has 21 heteroatoms. The van der Waals surface area contributed by atoms with Crippen molar-refractivity contribution in [3.8, 4) is 109 Å². The van der Waals surface area contributed by atoms with E-state index in [4.69, 9.17) is 28.9 Å². The zero-order chi connectivity index (χ0) is 52.2. The molecular formula is C56H30N6O8S7. The predicted octanol–water partition coefficient (Wildman–Crippen LogP) is 15.1. The van der Waals surface area contributed by atoms with Crippen LogP contribution in [0.1, 0.15) is 0 Å². The Kier molecular flexibility index (Phi) is 14.1. The number of nitrogens with zero attached hydrogens (tertiary/aromatic N) is 6. The van der Waals surface area contributed by atoms with Gasteiger partial charge in [0.2, 0.25) is 0 Å². The summed E-state index contributed by atoms with van der Waals surface area (Å²) in [5.41, 5.74) is 6.07. The van der Waals surface area contributed by atoms with Crippen LogP contribution in [-0.2, 0) is 19.2 Å². The highest BCUT2D eigenvalue weighted by Gasteiger charge is 2.18. The van der Waals surface area contributed by atoms with E-state index >= 15 is 0 Å². The highest BCUT2D eigenvalue weighted by Crippen LogP contribution is 2.46. The van der Waals surface area contributed by atoms with Crippen molar-refractivity contribution in [2.24, 2.45) is 0 Å². The van der Waals surface area contributed by atoms with Gasteiger partial charge in [-0.1, -0.05) is 6.07 Å². The molecule has 0 saturated carbocycles. The Bertz CT molecular complexity index is 4240. The van der Waals surface area contributed by atoms with Gasteiger partial charge in [0.15, 0.2) is 0 Å². The van der Waals surface area contributed by atoms with Crippen LogP contribution in [0.25, 0.3) is 114 Å². The van der Waals surface area contributed by atoms with Crippen LogP contribution in [0, 0.1) is 0 Å². The van der Waals surface area contributed by atoms with Crippen molar-refractivity contribution in [3.05, 3.63) is 157 Å². The van der Waals surface area contributed by atoms with E-state index in [0.717, 1.165) is 20.9 Å². The fourth-order valence-corrected chi connectivity index (χ4v) is 15.9. The van der Waals surface area contributed by atoms with Crippen molar-refractivity contribution in [1.82, 2.24) is 29.9 Å². The normalized spacial score (nSPS) is 11.1. The number of ether oxygens (including phenoxy) is 4. The third-order valence-electron chi connectivity index (χ3n) is 11.5. The molecule has 13 aromatic heterocycles. The maximum atomic E-state index is 11.1. The largest absolute Gasteiger partial charge is 0.429 e. The van der Waals surface area contributed by atoms with Crippen LogP contribution in [0.3, 0.4) is 0 Å². The zero-order valence-electron chi connectivity index (χ0n) is 39.1. The molecule has 374 valence electrons. The number of carbonyl (C=O) groups is 4. The van der Waals surface area contributed by atoms with Crippen LogP contribution in [0.4, 0.5) is 0 Å². The molecule has 77 heavy (non-hydrogen) atoms. The maximum Gasteiger partial charge on any atom is 0.298 e. The molecule has 13 rings (SSSR count). The van der Waals surface area contributed by atoms with E-state index in [-0.39, 0.29) is 0 Å². The monoisotopic (exact) mass is 1140 g/mol. The minimum atomic E-state index is 0.295. The molecule has 0 saturated heterocycles. The van der Waals surface area contributed by atoms with Crippen LogP contribution in [-0.4, -0.2) is 55.8 Å². The van der Waals surface area contributed by atoms with Gasteiger partial charge >= 0.3 is 0 Å². The van der Waals surface area contributed by atoms with E-state index in [1.165, 1.54) is 60.1 Å². The number of aromatic nitrogens is 6. The van der Waals surface area contributed by atoms with E-state index in [1.54, 1.807) is 129 Å². The molecule has 0 fully saturated rings. The molecule has 0 radical (unpaired) electrons. The lowest BCUT2D eigenvalue weighted by Crippen LogP contribution is -1.97. The zero-order valence-corrected chi connectivity index (χ0v) is 44.8. The average molecular weight is 1140 g/mol. The maximum absolute atomic E-state index is 11.1. The predicted molar refractivity (Wildman–Crippen MR) is 308 cm³/mol. The molecule has 0 aliphatic heterocycles. The minimum Gasteiger partial charge on any atom is -0.429 e. The van der Waals surface area contributed by atoms with Gasteiger partial charge in [-0.3, -0.25) is 39.1 Å². The first-order chi connectivity index (χ1) is 37.9. The van der Waals surface area contributed by atoms with Gasteiger partial charge in [-0.25, -0.2) is 9.97 Å². The van der Waals surface area contributed by atoms with Crippen molar-refractivity contribution in [1.29, 1.82) is 0 Å². The second kappa shape index (κ2) is 22.0. The lowest BCUT2D eigenvalue weighted by molar-refractivity contribution is -0.121. The SMILES string of the molecule is O=COc1ccnc(-c2cc(OC=O)cc(-c3cc(-c4cc5sc(-c6cc7sccc7s6)cc5s4)ccn3)n2)c1.O=COc1ccnc(-c2cc(OC=O)cc(-c3cc(-c4cc5sc(-c6cccs6)cc5s4)ccn3)n2)c1. The van der Waals surface area contributed by atoms with E-state index in [0.29, 0.717) is 94.4 Å². The summed E-state index contributed by atoms with van der Waals surface area (Å²) in [6.07, 6.45) is 6.50.